The van der Waals surface area contributed by atoms with Crippen molar-refractivity contribution in [2.75, 3.05) is 7.11 Å². The molecule has 0 aliphatic carbocycles. The quantitative estimate of drug-likeness (QED) is 0.296. The second kappa shape index (κ2) is 8.49. The molecule has 0 aliphatic heterocycles. The second-order valence-corrected chi connectivity index (χ2v) is 6.11. The average molecular weight is 376 g/mol. The Hall–Kier alpha value is -2.86. The number of carbonyl (C=O) groups is 1. The topological polar surface area (TPSA) is 78.7 Å². The van der Waals surface area contributed by atoms with Gasteiger partial charge in [0.2, 0.25) is 0 Å². The summed E-state index contributed by atoms with van der Waals surface area (Å²) < 4.78 is 10.9. The third kappa shape index (κ3) is 4.83. The van der Waals surface area contributed by atoms with E-state index in [1.807, 2.05) is 13.8 Å². The first-order valence-corrected chi connectivity index (χ1v) is 8.20. The van der Waals surface area contributed by atoms with Crippen molar-refractivity contribution in [3.63, 3.8) is 0 Å². The average Bonchev–Trinajstić information content (AvgIpc) is 2.61. The zero-order chi connectivity index (χ0) is 19.3. The summed E-state index contributed by atoms with van der Waals surface area (Å²) in [4.78, 5) is 22.5. The van der Waals surface area contributed by atoms with Crippen LogP contribution in [0.3, 0.4) is 0 Å². The van der Waals surface area contributed by atoms with Crippen LogP contribution in [0.2, 0.25) is 5.02 Å². The third-order valence-electron chi connectivity index (χ3n) is 3.37. The normalized spacial score (nSPS) is 11.0. The van der Waals surface area contributed by atoms with Gasteiger partial charge in [0.25, 0.3) is 5.69 Å². The minimum Gasteiger partial charge on any atom is -0.493 e. The molecule has 0 atom stereocenters. The molecule has 7 heteroatoms. The number of halogens is 1. The highest BCUT2D eigenvalue weighted by Gasteiger charge is 2.13. The van der Waals surface area contributed by atoms with Crippen LogP contribution in [-0.2, 0) is 0 Å². The molecule has 0 fully saturated rings. The lowest BCUT2D eigenvalue weighted by molar-refractivity contribution is -0.384. The van der Waals surface area contributed by atoms with E-state index in [0.29, 0.717) is 22.1 Å². The Morgan fingerprint density at radius 2 is 2.00 bits per heavy atom. The minimum atomic E-state index is -0.543. The summed E-state index contributed by atoms with van der Waals surface area (Å²) >= 11 is 6.25. The van der Waals surface area contributed by atoms with E-state index in [1.54, 1.807) is 18.2 Å². The number of nitrogens with zero attached hydrogens (tertiary/aromatic N) is 1. The molecule has 0 saturated heterocycles. The molecule has 0 radical (unpaired) electrons. The van der Waals surface area contributed by atoms with Gasteiger partial charge >= 0.3 is 0 Å². The lowest BCUT2D eigenvalue weighted by Crippen LogP contribution is -2.07. The Balaban J connectivity index is 2.27. The van der Waals surface area contributed by atoms with Gasteiger partial charge in [0.1, 0.15) is 0 Å². The Morgan fingerprint density at radius 1 is 1.27 bits per heavy atom. The standard InChI is InChI=1S/C19H18ClNO5/c1-12(2)26-19-16(20)9-13(10-18(19)25-3)7-8-17(22)14-5-4-6-15(11-14)21(23)24/h4-12H,1-3H3/b8-7+. The molecule has 136 valence electrons. The molecule has 0 aliphatic rings. The van der Waals surface area contributed by atoms with E-state index in [4.69, 9.17) is 21.1 Å². The maximum Gasteiger partial charge on any atom is 0.270 e. The largest absolute Gasteiger partial charge is 0.493 e. The van der Waals surface area contributed by atoms with Crippen LogP contribution in [0, 0.1) is 10.1 Å². The Kier molecular flexibility index (Phi) is 6.36. The number of nitro groups is 1. The molecule has 2 aromatic carbocycles. The molecule has 0 unspecified atom stereocenters. The van der Waals surface area contributed by atoms with Crippen molar-refractivity contribution < 1.29 is 19.2 Å². The van der Waals surface area contributed by atoms with Crippen LogP contribution < -0.4 is 9.47 Å². The van der Waals surface area contributed by atoms with Crippen LogP contribution in [0.4, 0.5) is 5.69 Å². The van der Waals surface area contributed by atoms with Gasteiger partial charge in [0.15, 0.2) is 17.3 Å². The van der Waals surface area contributed by atoms with Gasteiger partial charge in [0, 0.05) is 17.7 Å². The summed E-state index contributed by atoms with van der Waals surface area (Å²) in [5, 5.41) is 11.2. The SMILES string of the molecule is COc1cc(/C=C/C(=O)c2cccc([N+](=O)[O-])c2)cc(Cl)c1OC(C)C. The molecule has 0 aromatic heterocycles. The van der Waals surface area contributed by atoms with Crippen molar-refractivity contribution in [2.24, 2.45) is 0 Å². The van der Waals surface area contributed by atoms with Gasteiger partial charge in [-0.3, -0.25) is 14.9 Å². The van der Waals surface area contributed by atoms with E-state index in [2.05, 4.69) is 0 Å². The number of allylic oxidation sites excluding steroid dienone is 1. The number of rotatable bonds is 7. The fourth-order valence-corrected chi connectivity index (χ4v) is 2.49. The highest BCUT2D eigenvalue weighted by molar-refractivity contribution is 6.32. The number of hydrogen-bond acceptors (Lipinski definition) is 5. The zero-order valence-electron chi connectivity index (χ0n) is 14.6. The summed E-state index contributed by atoms with van der Waals surface area (Å²) in [5.41, 5.74) is 0.735. The van der Waals surface area contributed by atoms with Crippen molar-refractivity contribution in [1.82, 2.24) is 0 Å². The van der Waals surface area contributed by atoms with E-state index in [-0.39, 0.29) is 23.1 Å². The van der Waals surface area contributed by atoms with E-state index in [1.165, 1.54) is 37.5 Å². The molecule has 2 rings (SSSR count). The van der Waals surface area contributed by atoms with Crippen LogP contribution in [0.5, 0.6) is 11.5 Å². The number of ketones is 1. The zero-order valence-corrected chi connectivity index (χ0v) is 15.3. The number of non-ortho nitro benzene ring substituents is 1. The van der Waals surface area contributed by atoms with Crippen molar-refractivity contribution in [1.29, 1.82) is 0 Å². The summed E-state index contributed by atoms with van der Waals surface area (Å²) in [5.74, 6) is 0.534. The van der Waals surface area contributed by atoms with E-state index >= 15 is 0 Å². The van der Waals surface area contributed by atoms with Gasteiger partial charge in [0.05, 0.1) is 23.2 Å². The molecule has 26 heavy (non-hydrogen) atoms. The van der Waals surface area contributed by atoms with Crippen LogP contribution >= 0.6 is 11.6 Å². The van der Waals surface area contributed by atoms with Gasteiger partial charge in [-0.25, -0.2) is 0 Å². The summed E-state index contributed by atoms with van der Waals surface area (Å²) in [7, 11) is 1.50. The van der Waals surface area contributed by atoms with E-state index < -0.39 is 4.92 Å². The predicted octanol–water partition coefficient (Wildman–Crippen LogP) is 4.94. The first kappa shape index (κ1) is 19.5. The maximum absolute atomic E-state index is 12.2. The van der Waals surface area contributed by atoms with Crippen molar-refractivity contribution in [3.8, 4) is 11.5 Å². The minimum absolute atomic E-state index is 0.0711. The summed E-state index contributed by atoms with van der Waals surface area (Å²) in [6.07, 6.45) is 2.82. The van der Waals surface area contributed by atoms with Gasteiger partial charge in [-0.2, -0.15) is 0 Å². The van der Waals surface area contributed by atoms with E-state index in [0.717, 1.165) is 0 Å². The van der Waals surface area contributed by atoms with E-state index in [9.17, 15) is 14.9 Å². The van der Waals surface area contributed by atoms with Gasteiger partial charge in [-0.05, 0) is 37.6 Å². The number of nitro benzene ring substituents is 1. The smallest absolute Gasteiger partial charge is 0.270 e. The number of carbonyl (C=O) groups excluding carboxylic acids is 1. The van der Waals surface area contributed by atoms with Gasteiger partial charge in [-0.15, -0.1) is 0 Å². The monoisotopic (exact) mass is 375 g/mol. The number of benzene rings is 2. The summed E-state index contributed by atoms with van der Waals surface area (Å²) in [6.45, 7) is 3.75. The second-order valence-electron chi connectivity index (χ2n) is 5.71. The highest BCUT2D eigenvalue weighted by Crippen LogP contribution is 2.37. The molecule has 0 heterocycles. The first-order valence-electron chi connectivity index (χ1n) is 7.83. The fourth-order valence-electron chi connectivity index (χ4n) is 2.23. The van der Waals surface area contributed by atoms with Crippen molar-refractivity contribution in [3.05, 3.63) is 68.7 Å². The van der Waals surface area contributed by atoms with Crippen LogP contribution in [0.15, 0.2) is 42.5 Å². The molecule has 0 saturated carbocycles. The molecule has 0 N–H and O–H groups in total. The van der Waals surface area contributed by atoms with Gasteiger partial charge in [-0.1, -0.05) is 29.8 Å². The number of methoxy groups -OCH3 is 1. The molecule has 2 aromatic rings. The van der Waals surface area contributed by atoms with Crippen LogP contribution in [-0.4, -0.2) is 23.9 Å². The van der Waals surface area contributed by atoms with Gasteiger partial charge < -0.3 is 9.47 Å². The first-order chi connectivity index (χ1) is 12.3. The molecular weight excluding hydrogens is 358 g/mol. The molecule has 0 spiro atoms. The third-order valence-corrected chi connectivity index (χ3v) is 3.65. The van der Waals surface area contributed by atoms with Crippen LogP contribution in [0.25, 0.3) is 6.08 Å². The molecule has 0 amide bonds. The number of hydrogen-bond donors (Lipinski definition) is 0. The fraction of sp³-hybridized carbons (Fsp3) is 0.211. The van der Waals surface area contributed by atoms with Crippen molar-refractivity contribution >= 4 is 29.1 Å². The summed E-state index contributed by atoms with van der Waals surface area (Å²) in [6, 6.07) is 8.90. The lowest BCUT2D eigenvalue weighted by atomic mass is 10.1. The molecular formula is C19H18ClNO5. The van der Waals surface area contributed by atoms with Crippen LogP contribution in [0.1, 0.15) is 29.8 Å². The predicted molar refractivity (Wildman–Crippen MR) is 100 cm³/mol. The molecule has 0 bridgehead atoms. The molecule has 6 nitrogen and oxygen atoms in total. The maximum atomic E-state index is 12.2. The number of ether oxygens (including phenoxy) is 2. The Labute approximate surface area is 156 Å². The Morgan fingerprint density at radius 3 is 2.62 bits per heavy atom. The van der Waals surface area contributed by atoms with Crippen molar-refractivity contribution in [2.45, 2.75) is 20.0 Å². The Bertz CT molecular complexity index is 861. The lowest BCUT2D eigenvalue weighted by Gasteiger charge is -2.15. The highest BCUT2D eigenvalue weighted by atomic mass is 35.5.